The Morgan fingerprint density at radius 3 is 2.21 bits per heavy atom. The number of nitrogen functional groups attached to an aromatic ring is 2. The molecule has 1 fully saturated rings. The van der Waals surface area contributed by atoms with E-state index in [-0.39, 0.29) is 61.1 Å². The van der Waals surface area contributed by atoms with Gasteiger partial charge in [-0.05, 0) is 73.5 Å². The lowest BCUT2D eigenvalue weighted by atomic mass is 9.93. The summed E-state index contributed by atoms with van der Waals surface area (Å²) in [5.74, 6) is -1.66. The lowest BCUT2D eigenvalue weighted by Gasteiger charge is -2.39. The van der Waals surface area contributed by atoms with Crippen LogP contribution in [0.1, 0.15) is 65.6 Å². The van der Waals surface area contributed by atoms with Gasteiger partial charge in [-0.2, -0.15) is 0 Å². The summed E-state index contributed by atoms with van der Waals surface area (Å²) in [7, 11) is 0. The molecule has 1 aliphatic heterocycles. The molecule has 0 bridgehead atoms. The first-order valence-electron chi connectivity index (χ1n) is 22.5. The zero-order chi connectivity index (χ0) is 49.3. The summed E-state index contributed by atoms with van der Waals surface area (Å²) >= 11 is 5.87. The Hall–Kier alpha value is -5.14. The molecule has 3 aromatic carbocycles. The molecule has 0 spiro atoms. The molecule has 1 aliphatic rings. The Labute approximate surface area is 399 Å². The summed E-state index contributed by atoms with van der Waals surface area (Å²) in [6.07, 6.45) is -7.16. The molecule has 22 heteroatoms. The van der Waals surface area contributed by atoms with Gasteiger partial charge in [0.05, 0.1) is 37.6 Å². The lowest BCUT2D eigenvalue weighted by Crippen LogP contribution is -2.54. The number of nitrogens with two attached hydrogens (primary N) is 4. The van der Waals surface area contributed by atoms with Gasteiger partial charge in [0.25, 0.3) is 5.91 Å². The average molecular weight is 970 g/mol. The first-order valence-corrected chi connectivity index (χ1v) is 22.9. The minimum atomic E-state index is -1.56. The molecular formula is C46H65ClN10O11. The number of aliphatic imine (C=N–C) groups is 1. The number of aromatic nitrogens is 2. The second kappa shape index (κ2) is 26.6. The van der Waals surface area contributed by atoms with Crippen molar-refractivity contribution in [1.29, 1.82) is 0 Å². The number of ether oxygens (including phenoxy) is 2. The molecular weight excluding hydrogens is 904 g/mol. The number of carbonyl (C=O) groups excluding carboxylic acids is 2. The van der Waals surface area contributed by atoms with E-state index in [1.807, 2.05) is 30.3 Å². The minimum Gasteiger partial charge on any atom is -0.394 e. The predicted molar refractivity (Wildman–Crippen MR) is 255 cm³/mol. The standard InChI is InChI=1S/C46H65ClN10O11/c47-40-42(49)55-41(48)37(54-40)44(66)56-46(51)53-18-7-6-9-26-14-15-27(31-13-5-4-12-30(26)31)16-17-32(43(50)65)52-19-8-20-57(22-29(59)21-33(60)35(62)24-58)23-34(61)38(64)39-36(63)25-67-45(68-39)28-10-2-1-3-11-28/h1-5,10-15,29,32-36,38-39,45,52,58-64H,6-9,16-25H2,(H2,50,65)(H4,48,49,55)(H3,51,53,56,66)/t29-,32+,33+,34+,35-,36-,38-,39-,45?/m1/s1. The van der Waals surface area contributed by atoms with Gasteiger partial charge in [-0.15, -0.1) is 0 Å². The molecule has 17 N–H and O–H groups in total. The second-order valence-electron chi connectivity index (χ2n) is 16.8. The quantitative estimate of drug-likeness (QED) is 0.0209. The molecule has 2 amide bonds. The summed E-state index contributed by atoms with van der Waals surface area (Å²) < 4.78 is 11.5. The highest BCUT2D eigenvalue weighted by atomic mass is 35.5. The van der Waals surface area contributed by atoms with Crippen molar-refractivity contribution in [2.24, 2.45) is 16.5 Å². The number of aliphatic hydroxyl groups excluding tert-OH is 7. The Kier molecular flexibility index (Phi) is 21.0. The van der Waals surface area contributed by atoms with Crippen molar-refractivity contribution in [2.45, 2.75) is 100 Å². The molecule has 4 aromatic rings. The van der Waals surface area contributed by atoms with Crippen molar-refractivity contribution in [1.82, 2.24) is 25.5 Å². The Morgan fingerprint density at radius 2 is 1.53 bits per heavy atom. The van der Waals surface area contributed by atoms with E-state index < -0.39 is 73.5 Å². The second-order valence-corrected chi connectivity index (χ2v) is 17.2. The summed E-state index contributed by atoms with van der Waals surface area (Å²) in [6.45, 7) is -0.210. The van der Waals surface area contributed by atoms with Crippen molar-refractivity contribution in [3.63, 3.8) is 0 Å². The van der Waals surface area contributed by atoms with Gasteiger partial charge in [0.15, 0.2) is 34.7 Å². The summed E-state index contributed by atoms with van der Waals surface area (Å²) in [6, 6.07) is 20.4. The Bertz CT molecular complexity index is 2270. The fraction of sp³-hybridized carbons (Fsp3) is 0.500. The highest BCUT2D eigenvalue weighted by Gasteiger charge is 2.40. The zero-order valence-electron chi connectivity index (χ0n) is 37.7. The van der Waals surface area contributed by atoms with Crippen molar-refractivity contribution < 1.29 is 54.8 Å². The molecule has 2 heterocycles. The number of aliphatic hydroxyl groups is 7. The number of benzene rings is 3. The maximum absolute atomic E-state index is 12.7. The lowest BCUT2D eigenvalue weighted by molar-refractivity contribution is -0.283. The van der Waals surface area contributed by atoms with Crippen LogP contribution in [0, 0.1) is 0 Å². The monoisotopic (exact) mass is 968 g/mol. The van der Waals surface area contributed by atoms with Gasteiger partial charge in [-0.1, -0.05) is 78.3 Å². The number of guanidine groups is 1. The van der Waals surface area contributed by atoms with Gasteiger partial charge in [-0.25, -0.2) is 9.97 Å². The number of aryl methyl sites for hydroxylation is 2. The number of primary amides is 1. The van der Waals surface area contributed by atoms with Crippen LogP contribution in [0.15, 0.2) is 71.7 Å². The molecule has 0 saturated carbocycles. The van der Waals surface area contributed by atoms with Gasteiger partial charge in [0, 0.05) is 31.6 Å². The number of anilines is 2. The number of hydrogen-bond donors (Lipinski definition) is 13. The van der Waals surface area contributed by atoms with Gasteiger partial charge in [0.1, 0.15) is 24.4 Å². The van der Waals surface area contributed by atoms with Gasteiger partial charge >= 0.3 is 0 Å². The Balaban J connectivity index is 1.13. The average Bonchev–Trinajstić information content (AvgIpc) is 3.32. The SMILES string of the molecule is NC(=O)[C@H](CCc1ccc(CCCCN=C(N)NC(=O)c2nc(Cl)c(N)nc2N)c2ccccc12)NCCCN(C[C@H](O)C[C@H](O)[C@H](O)CO)C[C@H](O)[C@@H](O)[C@@H]1OC(c2ccccc2)OC[C@H]1O. The van der Waals surface area contributed by atoms with E-state index in [1.54, 1.807) is 29.2 Å². The van der Waals surface area contributed by atoms with Gasteiger partial charge < -0.3 is 73.5 Å². The third-order valence-corrected chi connectivity index (χ3v) is 11.9. The molecule has 1 saturated heterocycles. The van der Waals surface area contributed by atoms with Crippen LogP contribution in [-0.4, -0.2) is 163 Å². The smallest absolute Gasteiger partial charge is 0.280 e. The first kappa shape index (κ1) is 53.8. The third-order valence-electron chi connectivity index (χ3n) is 11.6. The highest BCUT2D eigenvalue weighted by Crippen LogP contribution is 2.29. The number of halogens is 1. The molecule has 0 aliphatic carbocycles. The van der Waals surface area contributed by atoms with Crippen LogP contribution < -0.4 is 33.6 Å². The maximum atomic E-state index is 12.7. The largest absolute Gasteiger partial charge is 0.394 e. The number of rotatable bonds is 26. The van der Waals surface area contributed by atoms with Crippen molar-refractivity contribution in [3.05, 3.63) is 94.3 Å². The first-order chi connectivity index (χ1) is 32.6. The molecule has 5 rings (SSSR count). The predicted octanol–water partition coefficient (Wildman–Crippen LogP) is -0.755. The molecule has 1 aromatic heterocycles. The van der Waals surface area contributed by atoms with Crippen LogP contribution in [-0.2, 0) is 27.1 Å². The van der Waals surface area contributed by atoms with Crippen LogP contribution in [0.2, 0.25) is 5.15 Å². The number of hydrogen-bond acceptors (Lipinski definition) is 18. The topological polar surface area (TPSA) is 364 Å². The molecule has 372 valence electrons. The summed E-state index contributed by atoms with van der Waals surface area (Å²) in [5, 5.41) is 80.9. The minimum absolute atomic E-state index is 0.0949. The van der Waals surface area contributed by atoms with E-state index in [1.165, 1.54) is 0 Å². The van der Waals surface area contributed by atoms with E-state index in [4.69, 9.17) is 44.0 Å². The van der Waals surface area contributed by atoms with Gasteiger partial charge in [-0.3, -0.25) is 24.8 Å². The van der Waals surface area contributed by atoms with Crippen LogP contribution >= 0.6 is 11.6 Å². The summed E-state index contributed by atoms with van der Waals surface area (Å²) in [4.78, 5) is 38.7. The fourth-order valence-corrected chi connectivity index (χ4v) is 8.09. The van der Waals surface area contributed by atoms with E-state index in [0.717, 1.165) is 34.7 Å². The van der Waals surface area contributed by atoms with Crippen LogP contribution in [0.3, 0.4) is 0 Å². The number of nitrogens with zero attached hydrogens (tertiary/aromatic N) is 4. The van der Waals surface area contributed by atoms with E-state index in [2.05, 4.69) is 37.7 Å². The number of amides is 2. The number of unbranched alkanes of at least 4 members (excludes halogenated alkanes) is 1. The van der Waals surface area contributed by atoms with Crippen molar-refractivity contribution in [2.75, 3.05) is 57.4 Å². The number of fused-ring (bicyclic) bond motifs is 1. The number of nitrogens with one attached hydrogen (secondary N) is 2. The van der Waals surface area contributed by atoms with Gasteiger partial charge in [0.2, 0.25) is 5.91 Å². The Morgan fingerprint density at radius 1 is 0.853 bits per heavy atom. The molecule has 21 nitrogen and oxygen atoms in total. The zero-order valence-corrected chi connectivity index (χ0v) is 38.4. The van der Waals surface area contributed by atoms with E-state index in [0.29, 0.717) is 44.3 Å². The van der Waals surface area contributed by atoms with Crippen LogP contribution in [0.25, 0.3) is 10.8 Å². The maximum Gasteiger partial charge on any atom is 0.280 e. The molecule has 1 unspecified atom stereocenters. The summed E-state index contributed by atoms with van der Waals surface area (Å²) in [5.41, 5.74) is 25.7. The normalized spacial score (nSPS) is 19.3. The van der Waals surface area contributed by atoms with E-state index >= 15 is 0 Å². The van der Waals surface area contributed by atoms with Crippen LogP contribution in [0.4, 0.5) is 11.6 Å². The number of carbonyl (C=O) groups is 2. The van der Waals surface area contributed by atoms with Crippen LogP contribution in [0.5, 0.6) is 0 Å². The molecule has 68 heavy (non-hydrogen) atoms. The van der Waals surface area contributed by atoms with Crippen molar-refractivity contribution in [3.8, 4) is 0 Å². The van der Waals surface area contributed by atoms with Crippen molar-refractivity contribution >= 4 is 51.8 Å². The third kappa shape index (κ3) is 15.7. The molecule has 0 radical (unpaired) electrons. The highest BCUT2D eigenvalue weighted by molar-refractivity contribution is 6.31. The van der Waals surface area contributed by atoms with E-state index in [9.17, 15) is 45.3 Å². The molecule has 9 atom stereocenters. The fourth-order valence-electron chi connectivity index (χ4n) is 7.96.